The molecular weight excluding hydrogens is 268 g/mol. The molecule has 110 valence electrons. The zero-order chi connectivity index (χ0) is 15.2. The number of ether oxygens (including phenoxy) is 1. The topological polar surface area (TPSA) is 78.4 Å². The highest BCUT2D eigenvalue weighted by Crippen LogP contribution is 2.35. The molecule has 0 heterocycles. The normalized spacial score (nSPS) is 10.3. The third-order valence-corrected chi connectivity index (χ3v) is 3.18. The predicted molar refractivity (Wildman–Crippen MR) is 82.6 cm³/mol. The molecule has 0 aliphatic rings. The summed E-state index contributed by atoms with van der Waals surface area (Å²) < 4.78 is 5.59. The van der Waals surface area contributed by atoms with Crippen molar-refractivity contribution in [3.05, 3.63) is 58.1 Å². The van der Waals surface area contributed by atoms with Crippen LogP contribution in [0.2, 0.25) is 0 Å². The van der Waals surface area contributed by atoms with Crippen LogP contribution in [0.5, 0.6) is 11.5 Å². The van der Waals surface area contributed by atoms with Crippen LogP contribution >= 0.6 is 0 Å². The Morgan fingerprint density at radius 2 is 1.90 bits per heavy atom. The smallest absolute Gasteiger partial charge is 0.334 e. The molecule has 0 atom stereocenters. The predicted octanol–water partition coefficient (Wildman–Crippen LogP) is 4.31. The van der Waals surface area contributed by atoms with E-state index in [1.165, 1.54) is 11.6 Å². The van der Waals surface area contributed by atoms with Gasteiger partial charge < -0.3 is 10.5 Å². The molecule has 0 radical (unpaired) electrons. The minimum atomic E-state index is -0.527. The Hall–Kier alpha value is -2.56. The highest BCUT2D eigenvalue weighted by molar-refractivity contribution is 5.66. The molecule has 0 saturated heterocycles. The molecule has 0 aliphatic heterocycles. The lowest BCUT2D eigenvalue weighted by atomic mass is 10.1. The maximum absolute atomic E-state index is 11.1. The van der Waals surface area contributed by atoms with Gasteiger partial charge in [0.1, 0.15) is 11.4 Å². The first kappa shape index (κ1) is 14.8. The molecule has 2 aromatic carbocycles. The first-order valence-electron chi connectivity index (χ1n) is 6.91. The van der Waals surface area contributed by atoms with Crippen LogP contribution in [0.25, 0.3) is 0 Å². The van der Waals surface area contributed by atoms with Crippen LogP contribution in [-0.4, -0.2) is 4.92 Å². The van der Waals surface area contributed by atoms with Gasteiger partial charge in [-0.05, 0) is 42.7 Å². The van der Waals surface area contributed by atoms with Crippen molar-refractivity contribution in [2.24, 2.45) is 0 Å². The van der Waals surface area contributed by atoms with Gasteiger partial charge >= 0.3 is 5.69 Å². The number of nitro groups is 1. The van der Waals surface area contributed by atoms with Crippen molar-refractivity contribution < 1.29 is 9.66 Å². The minimum absolute atomic E-state index is 0.0945. The number of hydrogen-bond donors (Lipinski definition) is 1. The number of nitro benzene ring substituents is 1. The van der Waals surface area contributed by atoms with Gasteiger partial charge in [-0.2, -0.15) is 0 Å². The van der Waals surface area contributed by atoms with E-state index in [0.717, 1.165) is 19.3 Å². The Morgan fingerprint density at radius 1 is 1.19 bits per heavy atom. The number of nitrogens with two attached hydrogens (primary N) is 1. The summed E-state index contributed by atoms with van der Waals surface area (Å²) in [5.74, 6) is 0.713. The van der Waals surface area contributed by atoms with Crippen LogP contribution < -0.4 is 10.5 Å². The fourth-order valence-electron chi connectivity index (χ4n) is 2.05. The van der Waals surface area contributed by atoms with Gasteiger partial charge in [-0.25, -0.2) is 0 Å². The third kappa shape index (κ3) is 3.72. The van der Waals surface area contributed by atoms with Gasteiger partial charge in [0.2, 0.25) is 5.75 Å². The summed E-state index contributed by atoms with van der Waals surface area (Å²) >= 11 is 0. The van der Waals surface area contributed by atoms with Crippen molar-refractivity contribution in [3.8, 4) is 11.5 Å². The van der Waals surface area contributed by atoms with E-state index in [1.54, 1.807) is 12.1 Å². The SMILES string of the molecule is CCCCc1ccc(Oc2cccc(N)c2[N+](=O)[O-])cc1. The average molecular weight is 286 g/mol. The van der Waals surface area contributed by atoms with E-state index < -0.39 is 4.92 Å². The number of nitrogen functional groups attached to an aromatic ring is 1. The molecule has 0 amide bonds. The lowest BCUT2D eigenvalue weighted by molar-refractivity contribution is -0.384. The highest BCUT2D eigenvalue weighted by atomic mass is 16.6. The zero-order valence-corrected chi connectivity index (χ0v) is 11.9. The number of benzene rings is 2. The van der Waals surface area contributed by atoms with Crippen molar-refractivity contribution >= 4 is 11.4 Å². The maximum atomic E-state index is 11.1. The molecule has 0 bridgehead atoms. The second kappa shape index (κ2) is 6.74. The van der Waals surface area contributed by atoms with Crippen LogP contribution in [0.4, 0.5) is 11.4 Å². The van der Waals surface area contributed by atoms with Crippen LogP contribution in [-0.2, 0) is 6.42 Å². The molecule has 21 heavy (non-hydrogen) atoms. The van der Waals surface area contributed by atoms with Gasteiger partial charge in [-0.1, -0.05) is 31.5 Å². The van der Waals surface area contributed by atoms with Gasteiger partial charge in [-0.3, -0.25) is 10.1 Å². The number of aryl methyl sites for hydroxylation is 1. The third-order valence-electron chi connectivity index (χ3n) is 3.18. The van der Waals surface area contributed by atoms with Gasteiger partial charge in [0.05, 0.1) is 4.92 Å². The highest BCUT2D eigenvalue weighted by Gasteiger charge is 2.19. The summed E-state index contributed by atoms with van der Waals surface area (Å²) in [4.78, 5) is 10.5. The number of hydrogen-bond acceptors (Lipinski definition) is 4. The summed E-state index contributed by atoms with van der Waals surface area (Å²) in [5, 5.41) is 11.1. The van der Waals surface area contributed by atoms with Crippen molar-refractivity contribution in [1.82, 2.24) is 0 Å². The number of rotatable bonds is 6. The molecule has 0 fully saturated rings. The van der Waals surface area contributed by atoms with E-state index in [-0.39, 0.29) is 17.1 Å². The van der Waals surface area contributed by atoms with Crippen molar-refractivity contribution in [2.45, 2.75) is 26.2 Å². The summed E-state index contributed by atoms with van der Waals surface area (Å²) in [6.07, 6.45) is 3.31. The lowest BCUT2D eigenvalue weighted by Crippen LogP contribution is -1.98. The van der Waals surface area contributed by atoms with E-state index in [9.17, 15) is 10.1 Å². The standard InChI is InChI=1S/C16H18N2O3/c1-2-3-5-12-8-10-13(11-9-12)21-15-7-4-6-14(17)16(15)18(19)20/h4,6-11H,2-3,5,17H2,1H3. The van der Waals surface area contributed by atoms with Crippen LogP contribution in [0.1, 0.15) is 25.3 Å². The Bertz CT molecular complexity index is 624. The molecule has 0 saturated carbocycles. The van der Waals surface area contributed by atoms with Crippen LogP contribution in [0.15, 0.2) is 42.5 Å². The Labute approximate surface area is 123 Å². The molecule has 5 heteroatoms. The Kier molecular flexibility index (Phi) is 4.77. The Balaban J connectivity index is 2.19. The zero-order valence-electron chi connectivity index (χ0n) is 11.9. The quantitative estimate of drug-likeness (QED) is 0.487. The molecule has 5 nitrogen and oxygen atoms in total. The summed E-state index contributed by atoms with van der Waals surface area (Å²) in [7, 11) is 0. The minimum Gasteiger partial charge on any atom is -0.450 e. The van der Waals surface area contributed by atoms with E-state index in [1.807, 2.05) is 24.3 Å². The fraction of sp³-hybridized carbons (Fsp3) is 0.250. The fourth-order valence-corrected chi connectivity index (χ4v) is 2.05. The van der Waals surface area contributed by atoms with Gasteiger partial charge in [0, 0.05) is 0 Å². The summed E-state index contributed by atoms with van der Waals surface area (Å²) in [6, 6.07) is 12.2. The number of unbranched alkanes of at least 4 members (excludes halogenated alkanes) is 1. The second-order valence-corrected chi connectivity index (χ2v) is 4.80. The largest absolute Gasteiger partial charge is 0.450 e. The van der Waals surface area contributed by atoms with Crippen LogP contribution in [0.3, 0.4) is 0 Å². The summed E-state index contributed by atoms with van der Waals surface area (Å²) in [5.41, 5.74) is 6.75. The van der Waals surface area contributed by atoms with Gasteiger partial charge in [0.25, 0.3) is 0 Å². The number of para-hydroxylation sites is 1. The maximum Gasteiger partial charge on any atom is 0.334 e. The summed E-state index contributed by atoms with van der Waals surface area (Å²) in [6.45, 7) is 2.15. The molecule has 0 aliphatic carbocycles. The van der Waals surface area contributed by atoms with Gasteiger partial charge in [-0.15, -0.1) is 0 Å². The molecular formula is C16H18N2O3. The molecule has 2 rings (SSSR count). The molecule has 0 unspecified atom stereocenters. The average Bonchev–Trinajstić information content (AvgIpc) is 2.46. The van der Waals surface area contributed by atoms with Crippen molar-refractivity contribution in [1.29, 1.82) is 0 Å². The van der Waals surface area contributed by atoms with E-state index in [0.29, 0.717) is 5.75 Å². The second-order valence-electron chi connectivity index (χ2n) is 4.80. The first-order chi connectivity index (χ1) is 10.1. The molecule has 0 spiro atoms. The Morgan fingerprint density at radius 3 is 2.52 bits per heavy atom. The van der Waals surface area contributed by atoms with Crippen molar-refractivity contribution in [3.63, 3.8) is 0 Å². The van der Waals surface area contributed by atoms with Crippen molar-refractivity contribution in [2.75, 3.05) is 5.73 Å². The van der Waals surface area contributed by atoms with E-state index >= 15 is 0 Å². The molecule has 2 aromatic rings. The molecule has 2 N–H and O–H groups in total. The van der Waals surface area contributed by atoms with E-state index in [2.05, 4.69) is 6.92 Å². The molecule has 0 aromatic heterocycles. The van der Waals surface area contributed by atoms with Crippen LogP contribution in [0, 0.1) is 10.1 Å². The number of nitrogens with zero attached hydrogens (tertiary/aromatic N) is 1. The van der Waals surface area contributed by atoms with E-state index in [4.69, 9.17) is 10.5 Å². The lowest BCUT2D eigenvalue weighted by Gasteiger charge is -2.08. The first-order valence-corrected chi connectivity index (χ1v) is 6.91. The number of anilines is 1. The monoisotopic (exact) mass is 286 g/mol. The van der Waals surface area contributed by atoms with Gasteiger partial charge in [0.15, 0.2) is 0 Å².